The molecular formula is C29H36N2O5. The van der Waals surface area contributed by atoms with Crippen LogP contribution >= 0.6 is 0 Å². The minimum atomic E-state index is -1.35. The van der Waals surface area contributed by atoms with Crippen LogP contribution in [-0.2, 0) is 20.9 Å². The van der Waals surface area contributed by atoms with Crippen molar-refractivity contribution in [3.63, 3.8) is 0 Å². The van der Waals surface area contributed by atoms with Gasteiger partial charge >= 0.3 is 5.97 Å². The van der Waals surface area contributed by atoms with E-state index in [9.17, 15) is 9.59 Å². The summed E-state index contributed by atoms with van der Waals surface area (Å²) in [6.07, 6.45) is 15.9. The van der Waals surface area contributed by atoms with Gasteiger partial charge in [-0.2, -0.15) is 0 Å². The number of benzene rings is 1. The van der Waals surface area contributed by atoms with Crippen molar-refractivity contribution in [1.82, 2.24) is 4.98 Å². The van der Waals surface area contributed by atoms with Gasteiger partial charge in [-0.15, -0.1) is 0 Å². The molecule has 0 spiro atoms. The number of aromatic nitrogens is 1. The molecule has 1 aliphatic carbocycles. The van der Waals surface area contributed by atoms with Crippen LogP contribution in [-0.4, -0.2) is 35.3 Å². The van der Waals surface area contributed by atoms with E-state index in [1.807, 2.05) is 30.3 Å². The van der Waals surface area contributed by atoms with Crippen LogP contribution in [0.2, 0.25) is 0 Å². The van der Waals surface area contributed by atoms with E-state index in [1.165, 1.54) is 38.4 Å². The van der Waals surface area contributed by atoms with Crippen LogP contribution in [0.4, 0.5) is 0 Å². The average Bonchev–Trinajstić information content (AvgIpc) is 3.59. The summed E-state index contributed by atoms with van der Waals surface area (Å²) in [6, 6.07) is 9.73. The van der Waals surface area contributed by atoms with E-state index in [1.54, 1.807) is 25.3 Å². The van der Waals surface area contributed by atoms with Crippen LogP contribution in [0.3, 0.4) is 0 Å². The molecule has 2 aliphatic rings. The number of hydrogen-bond donors (Lipinski definition) is 0. The number of allylic oxidation sites excluding steroid dienone is 1. The zero-order chi connectivity index (χ0) is 25.2. The largest absolute Gasteiger partial charge is 0.461 e. The fourth-order valence-corrected chi connectivity index (χ4v) is 5.05. The molecule has 1 aromatic heterocycles. The lowest BCUT2D eigenvalue weighted by molar-refractivity contribution is -0.139. The number of ketones is 1. The van der Waals surface area contributed by atoms with E-state index in [0.29, 0.717) is 5.89 Å². The zero-order valence-corrected chi connectivity index (χ0v) is 21.1. The van der Waals surface area contributed by atoms with Gasteiger partial charge in [-0.25, -0.2) is 14.8 Å². The summed E-state index contributed by atoms with van der Waals surface area (Å²) < 4.78 is 16.8. The van der Waals surface area contributed by atoms with E-state index in [2.05, 4.69) is 9.98 Å². The first-order chi connectivity index (χ1) is 17.6. The maximum Gasteiger partial charge on any atom is 0.360 e. The van der Waals surface area contributed by atoms with Gasteiger partial charge in [-0.1, -0.05) is 75.3 Å². The van der Waals surface area contributed by atoms with Gasteiger partial charge < -0.3 is 13.9 Å². The molecule has 1 fully saturated rings. The van der Waals surface area contributed by atoms with Crippen LogP contribution in [0, 0.1) is 5.92 Å². The first-order valence-electron chi connectivity index (χ1n) is 13.2. The molecule has 0 N–H and O–H groups in total. The molecule has 36 heavy (non-hydrogen) atoms. The van der Waals surface area contributed by atoms with Gasteiger partial charge in [-0.05, 0) is 37.0 Å². The normalized spacial score (nSPS) is 20.5. The molecule has 1 aromatic carbocycles. The topological polar surface area (TPSA) is 91.0 Å². The number of ether oxygens (including phenoxy) is 2. The Kier molecular flexibility index (Phi) is 9.23. The second-order valence-electron chi connectivity index (χ2n) is 9.66. The summed E-state index contributed by atoms with van der Waals surface area (Å²) in [6.45, 7) is 2.28. The highest BCUT2D eigenvalue weighted by atomic mass is 16.5. The Labute approximate surface area is 213 Å². The van der Waals surface area contributed by atoms with Crippen molar-refractivity contribution in [2.24, 2.45) is 10.9 Å². The van der Waals surface area contributed by atoms with Crippen LogP contribution in [0.25, 0.3) is 0 Å². The van der Waals surface area contributed by atoms with Gasteiger partial charge in [0.2, 0.25) is 5.72 Å². The smallest absolute Gasteiger partial charge is 0.360 e. The minimum Gasteiger partial charge on any atom is -0.461 e. The Balaban J connectivity index is 1.46. The molecule has 0 amide bonds. The number of hydrogen-bond acceptors (Lipinski definition) is 7. The van der Waals surface area contributed by atoms with E-state index in [-0.39, 0.29) is 37.0 Å². The minimum absolute atomic E-state index is 0.130. The lowest BCUT2D eigenvalue weighted by Crippen LogP contribution is -2.37. The molecule has 4 rings (SSSR count). The van der Waals surface area contributed by atoms with Gasteiger partial charge in [0.1, 0.15) is 6.26 Å². The Hall–Kier alpha value is -3.06. The molecule has 7 nitrogen and oxygen atoms in total. The van der Waals surface area contributed by atoms with E-state index in [0.717, 1.165) is 30.7 Å². The van der Waals surface area contributed by atoms with E-state index >= 15 is 0 Å². The molecule has 1 aliphatic heterocycles. The highest BCUT2D eigenvalue weighted by molar-refractivity contribution is 5.95. The highest BCUT2D eigenvalue weighted by Crippen LogP contribution is 2.34. The molecular weight excluding hydrogens is 456 g/mol. The van der Waals surface area contributed by atoms with Gasteiger partial charge in [-0.3, -0.25) is 4.79 Å². The number of carbonyl (C=O) groups is 2. The zero-order valence-electron chi connectivity index (χ0n) is 21.1. The molecule has 0 radical (unpaired) electrons. The van der Waals surface area contributed by atoms with Crippen LogP contribution in [0.15, 0.2) is 58.2 Å². The second-order valence-corrected chi connectivity index (χ2v) is 9.66. The van der Waals surface area contributed by atoms with Gasteiger partial charge in [0.05, 0.1) is 13.2 Å². The number of rotatable bonds is 13. The number of Topliss-reactive ketones (excluding diaryl/α,β-unsaturated/α-hetero) is 1. The summed E-state index contributed by atoms with van der Waals surface area (Å²) in [5.41, 5.74) is -0.255. The maximum atomic E-state index is 13.6. The Bertz CT molecular complexity index is 1040. The summed E-state index contributed by atoms with van der Waals surface area (Å²) in [7, 11) is 0. The third-order valence-electron chi connectivity index (χ3n) is 7.05. The van der Waals surface area contributed by atoms with Crippen LogP contribution in [0.5, 0.6) is 0 Å². The molecule has 1 saturated carbocycles. The van der Waals surface area contributed by atoms with Crippen molar-refractivity contribution in [1.29, 1.82) is 0 Å². The monoisotopic (exact) mass is 492 g/mol. The van der Waals surface area contributed by atoms with Crippen molar-refractivity contribution < 1.29 is 23.5 Å². The highest BCUT2D eigenvalue weighted by Gasteiger charge is 2.40. The quantitative estimate of drug-likeness (QED) is 0.309. The Morgan fingerprint density at radius 1 is 1.17 bits per heavy atom. The van der Waals surface area contributed by atoms with Gasteiger partial charge in [0, 0.05) is 18.6 Å². The van der Waals surface area contributed by atoms with Crippen molar-refractivity contribution in [2.45, 2.75) is 83.0 Å². The van der Waals surface area contributed by atoms with E-state index < -0.39 is 11.7 Å². The lowest BCUT2D eigenvalue weighted by Gasteiger charge is -2.26. The molecule has 0 saturated heterocycles. The molecule has 2 atom stereocenters. The number of aliphatic imine (C=N–C) groups is 1. The molecule has 0 bridgehead atoms. The fourth-order valence-electron chi connectivity index (χ4n) is 5.05. The standard InChI is InChI=1S/C29H36N2O5/c1-2-34-28(33)25-21-35-27(31-25)24(16-9-15-22-11-5-3-6-12-22)19-26(32)29(17-10-18-30-29)36-20-23-13-7-4-8-14-23/h4,7-8,10,13-14,17-18,21-22,24H,2-3,5-6,9,11-12,15-16,19-20H2,1H3. The number of nitrogens with zero attached hydrogens (tertiary/aromatic N) is 2. The second kappa shape index (κ2) is 12.8. The van der Waals surface area contributed by atoms with Crippen molar-refractivity contribution >= 4 is 18.0 Å². The number of esters is 1. The summed E-state index contributed by atoms with van der Waals surface area (Å²) >= 11 is 0. The van der Waals surface area contributed by atoms with Crippen molar-refractivity contribution in [3.8, 4) is 0 Å². The molecule has 192 valence electrons. The predicted octanol–water partition coefficient (Wildman–Crippen LogP) is 6.20. The molecule has 2 heterocycles. The predicted molar refractivity (Wildman–Crippen MR) is 137 cm³/mol. The molecule has 2 aromatic rings. The van der Waals surface area contributed by atoms with E-state index in [4.69, 9.17) is 13.9 Å². The maximum absolute atomic E-state index is 13.6. The Morgan fingerprint density at radius 2 is 1.97 bits per heavy atom. The summed E-state index contributed by atoms with van der Waals surface area (Å²) in [5.74, 6) is 0.190. The van der Waals surface area contributed by atoms with Gasteiger partial charge in [0.15, 0.2) is 17.4 Å². The summed E-state index contributed by atoms with van der Waals surface area (Å²) in [5, 5.41) is 0. The number of oxazole rings is 1. The first-order valence-corrected chi connectivity index (χ1v) is 13.2. The van der Waals surface area contributed by atoms with Crippen LogP contribution < -0.4 is 0 Å². The lowest BCUT2D eigenvalue weighted by atomic mass is 9.84. The average molecular weight is 493 g/mol. The molecule has 2 unspecified atom stereocenters. The SMILES string of the molecule is CCOC(=O)c1coc(C(CCCC2CCCCC2)CC(=O)C2(OCc3ccccc3)C=CC=N2)n1. The fraction of sp³-hybridized carbons (Fsp3) is 0.517. The summed E-state index contributed by atoms with van der Waals surface area (Å²) in [4.78, 5) is 34.6. The van der Waals surface area contributed by atoms with Crippen LogP contribution in [0.1, 0.15) is 92.6 Å². The third-order valence-corrected chi connectivity index (χ3v) is 7.05. The van der Waals surface area contributed by atoms with Crippen molar-refractivity contribution in [2.75, 3.05) is 6.61 Å². The van der Waals surface area contributed by atoms with Crippen molar-refractivity contribution in [3.05, 3.63) is 65.9 Å². The number of carbonyl (C=O) groups excluding carboxylic acids is 2. The third kappa shape index (κ3) is 6.78. The molecule has 7 heteroatoms. The Morgan fingerprint density at radius 3 is 2.69 bits per heavy atom. The van der Waals surface area contributed by atoms with Gasteiger partial charge in [0.25, 0.3) is 0 Å². The first kappa shape index (κ1) is 26.0.